The second kappa shape index (κ2) is 4.31. The van der Waals surface area contributed by atoms with E-state index in [-0.39, 0.29) is 0 Å². The Hall–Kier alpha value is -0.890. The summed E-state index contributed by atoms with van der Waals surface area (Å²) >= 11 is 0. The van der Waals surface area contributed by atoms with Crippen LogP contribution in [-0.4, -0.2) is 15.7 Å². The van der Waals surface area contributed by atoms with E-state index in [2.05, 4.69) is 4.98 Å². The maximum Gasteiger partial charge on any atom is 0.0662 e. The Morgan fingerprint density at radius 3 is 2.60 bits per heavy atom. The second-order valence-corrected chi connectivity index (χ2v) is 5.03. The van der Waals surface area contributed by atoms with Crippen molar-refractivity contribution in [1.82, 2.24) is 4.98 Å². The van der Waals surface area contributed by atoms with E-state index in [0.717, 1.165) is 18.8 Å². The van der Waals surface area contributed by atoms with Gasteiger partial charge in [0, 0.05) is 18.8 Å². The maximum atomic E-state index is 10.3. The Labute approximate surface area is 91.4 Å². The fraction of sp³-hybridized carbons (Fsp3) is 0.615. The molecule has 1 unspecified atom stereocenters. The van der Waals surface area contributed by atoms with Gasteiger partial charge in [0.25, 0.3) is 0 Å². The van der Waals surface area contributed by atoms with E-state index in [4.69, 9.17) is 0 Å². The highest BCUT2D eigenvalue weighted by atomic mass is 16.3. The Bertz CT molecular complexity index is 304. The zero-order valence-corrected chi connectivity index (χ0v) is 9.32. The standard InChI is InChI=1S/C13H19NO/c1-13(15,9-11-3-2-4-11)10-12-5-7-14-8-6-12/h5-8,11,15H,2-4,9-10H2,1H3. The van der Waals surface area contributed by atoms with Gasteiger partial charge >= 0.3 is 0 Å². The fourth-order valence-electron chi connectivity index (χ4n) is 2.33. The first kappa shape index (κ1) is 10.6. The number of hydrogen-bond acceptors (Lipinski definition) is 2. The van der Waals surface area contributed by atoms with Crippen LogP contribution in [0.25, 0.3) is 0 Å². The fourth-order valence-corrected chi connectivity index (χ4v) is 2.33. The smallest absolute Gasteiger partial charge is 0.0662 e. The lowest BCUT2D eigenvalue weighted by molar-refractivity contribution is 0.0204. The van der Waals surface area contributed by atoms with Crippen LogP contribution in [0.5, 0.6) is 0 Å². The zero-order valence-electron chi connectivity index (χ0n) is 9.32. The summed E-state index contributed by atoms with van der Waals surface area (Å²) in [6.07, 6.45) is 9.19. The van der Waals surface area contributed by atoms with Gasteiger partial charge in [-0.15, -0.1) is 0 Å². The molecule has 1 aliphatic rings. The number of rotatable bonds is 4. The van der Waals surface area contributed by atoms with Gasteiger partial charge in [-0.2, -0.15) is 0 Å². The normalized spacial score (nSPS) is 20.7. The molecule has 0 saturated heterocycles. The third kappa shape index (κ3) is 3.03. The van der Waals surface area contributed by atoms with Gasteiger partial charge in [0.15, 0.2) is 0 Å². The minimum absolute atomic E-state index is 0.549. The first-order chi connectivity index (χ1) is 7.16. The molecule has 1 fully saturated rings. The first-order valence-corrected chi connectivity index (χ1v) is 5.77. The summed E-state index contributed by atoms with van der Waals surface area (Å²) in [7, 11) is 0. The summed E-state index contributed by atoms with van der Waals surface area (Å²) < 4.78 is 0. The number of nitrogens with zero attached hydrogens (tertiary/aromatic N) is 1. The van der Waals surface area contributed by atoms with Crippen LogP contribution >= 0.6 is 0 Å². The summed E-state index contributed by atoms with van der Waals surface area (Å²) in [6.45, 7) is 1.95. The Kier molecular flexibility index (Phi) is 3.06. The molecule has 1 heterocycles. The first-order valence-electron chi connectivity index (χ1n) is 5.77. The van der Waals surface area contributed by atoms with Crippen LogP contribution in [0.1, 0.15) is 38.2 Å². The van der Waals surface area contributed by atoms with Crippen molar-refractivity contribution in [2.24, 2.45) is 5.92 Å². The average molecular weight is 205 g/mol. The van der Waals surface area contributed by atoms with E-state index in [1.807, 2.05) is 19.1 Å². The summed E-state index contributed by atoms with van der Waals surface area (Å²) in [6, 6.07) is 3.96. The molecule has 1 saturated carbocycles. The van der Waals surface area contributed by atoms with Crippen molar-refractivity contribution < 1.29 is 5.11 Å². The van der Waals surface area contributed by atoms with Crippen molar-refractivity contribution in [3.8, 4) is 0 Å². The molecular weight excluding hydrogens is 186 g/mol. The Morgan fingerprint density at radius 1 is 1.40 bits per heavy atom. The van der Waals surface area contributed by atoms with Crippen LogP contribution in [0.2, 0.25) is 0 Å². The molecule has 0 spiro atoms. The van der Waals surface area contributed by atoms with Crippen LogP contribution in [-0.2, 0) is 6.42 Å². The van der Waals surface area contributed by atoms with Gasteiger partial charge in [-0.3, -0.25) is 4.98 Å². The minimum atomic E-state index is -0.549. The monoisotopic (exact) mass is 205 g/mol. The van der Waals surface area contributed by atoms with Crippen molar-refractivity contribution in [3.63, 3.8) is 0 Å². The molecule has 0 aliphatic heterocycles. The molecule has 2 heteroatoms. The Balaban J connectivity index is 1.91. The van der Waals surface area contributed by atoms with Gasteiger partial charge in [0.2, 0.25) is 0 Å². The molecule has 0 radical (unpaired) electrons. The topological polar surface area (TPSA) is 33.1 Å². The average Bonchev–Trinajstić information content (AvgIpc) is 2.13. The van der Waals surface area contributed by atoms with E-state index in [1.54, 1.807) is 12.4 Å². The lowest BCUT2D eigenvalue weighted by atomic mass is 9.76. The molecule has 1 aromatic heterocycles. The molecule has 15 heavy (non-hydrogen) atoms. The maximum absolute atomic E-state index is 10.3. The third-order valence-corrected chi connectivity index (χ3v) is 3.29. The molecule has 2 rings (SSSR count). The van der Waals surface area contributed by atoms with Crippen molar-refractivity contribution in [3.05, 3.63) is 30.1 Å². The van der Waals surface area contributed by atoms with E-state index >= 15 is 0 Å². The van der Waals surface area contributed by atoms with E-state index in [1.165, 1.54) is 24.8 Å². The van der Waals surface area contributed by atoms with Gasteiger partial charge in [0.1, 0.15) is 0 Å². The van der Waals surface area contributed by atoms with Crippen LogP contribution in [0.3, 0.4) is 0 Å². The van der Waals surface area contributed by atoms with Crippen molar-refractivity contribution in [2.45, 2.75) is 44.6 Å². The predicted molar refractivity (Wildman–Crippen MR) is 60.5 cm³/mol. The predicted octanol–water partition coefficient (Wildman–Crippen LogP) is 2.57. The molecule has 2 nitrogen and oxygen atoms in total. The van der Waals surface area contributed by atoms with Crippen molar-refractivity contribution in [2.75, 3.05) is 0 Å². The van der Waals surface area contributed by atoms with Crippen molar-refractivity contribution in [1.29, 1.82) is 0 Å². The lowest BCUT2D eigenvalue weighted by Gasteiger charge is -2.33. The van der Waals surface area contributed by atoms with Gasteiger partial charge in [-0.1, -0.05) is 19.3 Å². The van der Waals surface area contributed by atoms with Crippen molar-refractivity contribution >= 4 is 0 Å². The number of aromatic nitrogens is 1. The highest BCUT2D eigenvalue weighted by molar-refractivity contribution is 5.12. The number of hydrogen-bond donors (Lipinski definition) is 1. The molecule has 1 N–H and O–H groups in total. The lowest BCUT2D eigenvalue weighted by Crippen LogP contribution is -2.32. The molecule has 82 valence electrons. The molecule has 1 atom stereocenters. The van der Waals surface area contributed by atoms with Crippen LogP contribution in [0.4, 0.5) is 0 Å². The molecule has 0 amide bonds. The molecule has 1 aromatic rings. The minimum Gasteiger partial charge on any atom is -0.390 e. The van der Waals surface area contributed by atoms with Crippen LogP contribution in [0, 0.1) is 5.92 Å². The third-order valence-electron chi connectivity index (χ3n) is 3.29. The quantitative estimate of drug-likeness (QED) is 0.819. The number of aliphatic hydroxyl groups is 1. The molecule has 0 aromatic carbocycles. The highest BCUT2D eigenvalue weighted by Crippen LogP contribution is 2.34. The largest absolute Gasteiger partial charge is 0.390 e. The SMILES string of the molecule is CC(O)(Cc1ccncc1)CC1CCC1. The van der Waals surface area contributed by atoms with Gasteiger partial charge in [-0.25, -0.2) is 0 Å². The van der Waals surface area contributed by atoms with E-state index in [9.17, 15) is 5.11 Å². The summed E-state index contributed by atoms with van der Waals surface area (Å²) in [5.41, 5.74) is 0.626. The molecule has 0 bridgehead atoms. The van der Waals surface area contributed by atoms with Gasteiger partial charge in [0.05, 0.1) is 5.60 Å². The zero-order chi connectivity index (χ0) is 10.7. The molecule has 1 aliphatic carbocycles. The van der Waals surface area contributed by atoms with E-state index in [0.29, 0.717) is 0 Å². The summed E-state index contributed by atoms with van der Waals surface area (Å²) in [5, 5.41) is 10.3. The summed E-state index contributed by atoms with van der Waals surface area (Å²) in [5.74, 6) is 0.752. The van der Waals surface area contributed by atoms with Gasteiger partial charge < -0.3 is 5.11 Å². The van der Waals surface area contributed by atoms with Gasteiger partial charge in [-0.05, 0) is 37.0 Å². The van der Waals surface area contributed by atoms with Crippen LogP contribution < -0.4 is 0 Å². The van der Waals surface area contributed by atoms with E-state index < -0.39 is 5.60 Å². The van der Waals surface area contributed by atoms with Crippen LogP contribution in [0.15, 0.2) is 24.5 Å². The Morgan fingerprint density at radius 2 is 2.07 bits per heavy atom. The summed E-state index contributed by atoms with van der Waals surface area (Å²) in [4.78, 5) is 3.98. The highest BCUT2D eigenvalue weighted by Gasteiger charge is 2.28. The second-order valence-electron chi connectivity index (χ2n) is 5.03. The number of pyridine rings is 1. The molecular formula is C13H19NO.